The Morgan fingerprint density at radius 3 is 2.41 bits per heavy atom. The molecule has 1 aromatic carbocycles. The number of carbonyl (C=O) groups excluding carboxylic acids is 1. The smallest absolute Gasteiger partial charge is 0.228 e. The normalized spacial score (nSPS) is 12.7. The highest BCUT2D eigenvalue weighted by Gasteiger charge is 2.24. The van der Waals surface area contributed by atoms with Gasteiger partial charge in [0, 0.05) is 29.3 Å². The van der Waals surface area contributed by atoms with Gasteiger partial charge in [0.25, 0.3) is 0 Å². The van der Waals surface area contributed by atoms with Crippen LogP contribution < -0.4 is 0 Å². The molecular weight excluding hydrogens is 380 g/mol. The summed E-state index contributed by atoms with van der Waals surface area (Å²) in [6.45, 7) is 7.89. The van der Waals surface area contributed by atoms with Gasteiger partial charge in [-0.3, -0.25) is 4.79 Å². The molecule has 0 bridgehead atoms. The maximum absolute atomic E-state index is 12.7. The fourth-order valence-corrected chi connectivity index (χ4v) is 4.95. The van der Waals surface area contributed by atoms with E-state index in [9.17, 15) is 13.2 Å². The topological polar surface area (TPSA) is 67.3 Å². The van der Waals surface area contributed by atoms with E-state index in [1.165, 1.54) is 16.9 Å². The highest BCUT2D eigenvalue weighted by atomic mass is 32.2. The van der Waals surface area contributed by atoms with E-state index in [1.54, 1.807) is 18.7 Å². The van der Waals surface area contributed by atoms with Crippen molar-refractivity contribution in [3.8, 4) is 10.6 Å². The predicted molar refractivity (Wildman–Crippen MR) is 112 cm³/mol. The van der Waals surface area contributed by atoms with Crippen molar-refractivity contribution in [1.82, 2.24) is 9.88 Å². The minimum Gasteiger partial charge on any atom is -0.339 e. The summed E-state index contributed by atoms with van der Waals surface area (Å²) >= 11 is 1.52. The first-order valence-electron chi connectivity index (χ1n) is 9.33. The molecule has 0 fully saturated rings. The Morgan fingerprint density at radius 1 is 1.19 bits per heavy atom. The highest BCUT2D eigenvalue weighted by Crippen LogP contribution is 2.24. The van der Waals surface area contributed by atoms with Gasteiger partial charge in [-0.25, -0.2) is 13.4 Å². The number of carbonyl (C=O) groups is 1. The minimum absolute atomic E-state index is 0.00479. The van der Waals surface area contributed by atoms with E-state index in [1.807, 2.05) is 12.3 Å². The third-order valence-corrected chi connectivity index (χ3v) is 7.43. The summed E-state index contributed by atoms with van der Waals surface area (Å²) < 4.78 is 23.7. The molecule has 1 amide bonds. The Labute approximate surface area is 166 Å². The Balaban J connectivity index is 2.07. The van der Waals surface area contributed by atoms with Gasteiger partial charge >= 0.3 is 0 Å². The molecule has 1 atom stereocenters. The number of aryl methyl sites for hydroxylation is 1. The molecule has 0 saturated heterocycles. The molecule has 27 heavy (non-hydrogen) atoms. The zero-order chi connectivity index (χ0) is 20.0. The molecule has 2 rings (SSSR count). The number of likely N-dealkylation sites (N-methyl/N-ethyl adjacent to an activating group) is 1. The molecule has 5 nitrogen and oxygen atoms in total. The standard InChI is InChI=1S/C20H28N2O3S2/c1-5-16-8-10-17(11-9-16)20-21-18(13-26-20)12-19(23)22(6-2)15(4)14-27(24,25)7-3/h8-11,13,15H,5-7,12,14H2,1-4H3. The number of nitrogens with zero attached hydrogens (tertiary/aromatic N) is 2. The van der Waals surface area contributed by atoms with E-state index in [2.05, 4.69) is 36.2 Å². The second-order valence-electron chi connectivity index (χ2n) is 6.60. The van der Waals surface area contributed by atoms with E-state index in [0.29, 0.717) is 6.54 Å². The van der Waals surface area contributed by atoms with E-state index >= 15 is 0 Å². The van der Waals surface area contributed by atoms with Crippen LogP contribution in [0.15, 0.2) is 29.6 Å². The number of thiazole rings is 1. The summed E-state index contributed by atoms with van der Waals surface area (Å²) in [6, 6.07) is 7.96. The first kappa shape index (κ1) is 21.6. The Hall–Kier alpha value is -1.73. The number of amides is 1. The van der Waals surface area contributed by atoms with Crippen LogP contribution in [0.3, 0.4) is 0 Å². The van der Waals surface area contributed by atoms with Crippen molar-refractivity contribution in [3.05, 3.63) is 40.9 Å². The third kappa shape index (κ3) is 5.87. The Bertz CT molecular complexity index is 858. The van der Waals surface area contributed by atoms with Gasteiger partial charge in [0.1, 0.15) is 5.01 Å². The first-order chi connectivity index (χ1) is 12.8. The van der Waals surface area contributed by atoms with Crippen LogP contribution >= 0.6 is 11.3 Å². The molecule has 0 radical (unpaired) electrons. The van der Waals surface area contributed by atoms with Crippen LogP contribution in [-0.2, 0) is 27.5 Å². The lowest BCUT2D eigenvalue weighted by atomic mass is 10.1. The molecule has 1 unspecified atom stereocenters. The molecule has 0 aliphatic heterocycles. The molecule has 2 aromatic rings. The van der Waals surface area contributed by atoms with Gasteiger partial charge < -0.3 is 4.90 Å². The van der Waals surface area contributed by atoms with Crippen molar-refractivity contribution in [1.29, 1.82) is 0 Å². The summed E-state index contributed by atoms with van der Waals surface area (Å²) in [5, 5.41) is 2.80. The van der Waals surface area contributed by atoms with Crippen LogP contribution in [0.5, 0.6) is 0 Å². The van der Waals surface area contributed by atoms with Crippen molar-refractivity contribution >= 4 is 27.1 Å². The zero-order valence-corrected chi connectivity index (χ0v) is 18.1. The quantitative estimate of drug-likeness (QED) is 0.636. The number of hydrogen-bond acceptors (Lipinski definition) is 5. The fraction of sp³-hybridized carbons (Fsp3) is 0.500. The fourth-order valence-electron chi connectivity index (χ4n) is 2.97. The molecular formula is C20H28N2O3S2. The van der Waals surface area contributed by atoms with Crippen LogP contribution in [0.1, 0.15) is 39.0 Å². The number of sulfone groups is 1. The first-order valence-corrected chi connectivity index (χ1v) is 12.0. The summed E-state index contributed by atoms with van der Waals surface area (Å²) in [5.41, 5.74) is 3.05. The SMILES string of the molecule is CCc1ccc(-c2nc(CC(=O)N(CC)C(C)CS(=O)(=O)CC)cs2)cc1. The summed E-state index contributed by atoms with van der Waals surface area (Å²) in [4.78, 5) is 18.9. The Kier molecular flexibility index (Phi) is 7.56. The zero-order valence-electron chi connectivity index (χ0n) is 16.4. The molecule has 1 heterocycles. The molecule has 0 aliphatic carbocycles. The molecule has 0 saturated carbocycles. The number of rotatable bonds is 9. The summed E-state index contributed by atoms with van der Waals surface area (Å²) in [5.74, 6) is -0.000619. The van der Waals surface area contributed by atoms with Gasteiger partial charge in [-0.1, -0.05) is 38.1 Å². The van der Waals surface area contributed by atoms with Gasteiger partial charge in [0.15, 0.2) is 9.84 Å². The van der Waals surface area contributed by atoms with Gasteiger partial charge in [0.2, 0.25) is 5.91 Å². The summed E-state index contributed by atoms with van der Waals surface area (Å²) in [7, 11) is -3.13. The minimum atomic E-state index is -3.13. The van der Waals surface area contributed by atoms with Gasteiger partial charge in [-0.2, -0.15) is 0 Å². The molecule has 0 N–H and O–H groups in total. The van der Waals surface area contributed by atoms with Crippen molar-refractivity contribution in [2.75, 3.05) is 18.1 Å². The van der Waals surface area contributed by atoms with Crippen LogP contribution in [-0.4, -0.2) is 48.3 Å². The van der Waals surface area contributed by atoms with E-state index < -0.39 is 9.84 Å². The Morgan fingerprint density at radius 2 is 1.85 bits per heavy atom. The van der Waals surface area contributed by atoms with Crippen molar-refractivity contribution in [2.24, 2.45) is 0 Å². The monoisotopic (exact) mass is 408 g/mol. The van der Waals surface area contributed by atoms with Crippen molar-refractivity contribution in [2.45, 2.75) is 46.6 Å². The average Bonchev–Trinajstić information content (AvgIpc) is 3.10. The number of aromatic nitrogens is 1. The third-order valence-electron chi connectivity index (χ3n) is 4.62. The lowest BCUT2D eigenvalue weighted by Crippen LogP contribution is -2.43. The van der Waals surface area contributed by atoms with Crippen LogP contribution in [0.4, 0.5) is 0 Å². The average molecular weight is 409 g/mol. The largest absolute Gasteiger partial charge is 0.339 e. The van der Waals surface area contributed by atoms with Crippen molar-refractivity contribution < 1.29 is 13.2 Å². The lowest BCUT2D eigenvalue weighted by Gasteiger charge is -2.27. The second-order valence-corrected chi connectivity index (χ2v) is 9.85. The second kappa shape index (κ2) is 9.46. The van der Waals surface area contributed by atoms with Crippen LogP contribution in [0, 0.1) is 0 Å². The lowest BCUT2D eigenvalue weighted by molar-refractivity contribution is -0.131. The van der Waals surface area contributed by atoms with E-state index in [0.717, 1.165) is 22.7 Å². The molecule has 0 spiro atoms. The molecule has 0 aliphatic rings. The number of hydrogen-bond donors (Lipinski definition) is 0. The predicted octanol–water partition coefficient (Wildman–Crippen LogP) is 3.59. The molecule has 7 heteroatoms. The van der Waals surface area contributed by atoms with Gasteiger partial charge in [-0.15, -0.1) is 11.3 Å². The highest BCUT2D eigenvalue weighted by molar-refractivity contribution is 7.91. The number of benzene rings is 1. The van der Waals surface area contributed by atoms with Gasteiger partial charge in [-0.05, 0) is 25.8 Å². The molecule has 1 aromatic heterocycles. The van der Waals surface area contributed by atoms with E-state index in [4.69, 9.17) is 0 Å². The maximum atomic E-state index is 12.7. The van der Waals surface area contributed by atoms with E-state index in [-0.39, 0.29) is 29.9 Å². The van der Waals surface area contributed by atoms with Gasteiger partial charge in [0.05, 0.1) is 17.9 Å². The van der Waals surface area contributed by atoms with Crippen LogP contribution in [0.25, 0.3) is 10.6 Å². The maximum Gasteiger partial charge on any atom is 0.228 e. The molecule has 148 valence electrons. The van der Waals surface area contributed by atoms with Crippen LogP contribution in [0.2, 0.25) is 0 Å². The van der Waals surface area contributed by atoms with Crippen molar-refractivity contribution in [3.63, 3.8) is 0 Å². The summed E-state index contributed by atoms with van der Waals surface area (Å²) in [6.07, 6.45) is 1.19.